The van der Waals surface area contributed by atoms with Crippen molar-refractivity contribution in [1.29, 1.82) is 0 Å². The number of carbonyl (C=O) groups excluding carboxylic acids is 2. The van der Waals surface area contributed by atoms with Gasteiger partial charge in [0.05, 0.1) is 11.8 Å². The Morgan fingerprint density at radius 2 is 1.68 bits per heavy atom. The zero-order valence-electron chi connectivity index (χ0n) is 11.3. The monoisotopic (exact) mass is 271 g/mol. The summed E-state index contributed by atoms with van der Waals surface area (Å²) in [6, 6.07) is -0.224. The third-order valence-corrected chi connectivity index (χ3v) is 3.28. The normalized spacial score (nSPS) is 21.8. The molecule has 0 aromatic carbocycles. The molecule has 1 aliphatic carbocycles. The summed E-state index contributed by atoms with van der Waals surface area (Å²) >= 11 is 0. The van der Waals surface area contributed by atoms with Crippen molar-refractivity contribution in [1.82, 2.24) is 15.5 Å². The van der Waals surface area contributed by atoms with E-state index >= 15 is 0 Å². The number of carbonyl (C=O) groups is 3. The molecule has 7 heteroatoms. The Morgan fingerprint density at radius 3 is 2.26 bits per heavy atom. The van der Waals surface area contributed by atoms with Crippen LogP contribution in [0.1, 0.15) is 19.3 Å². The number of rotatable bonds is 5. The topological polar surface area (TPSA) is 98.7 Å². The number of hydrogen-bond donors (Lipinski definition) is 3. The van der Waals surface area contributed by atoms with E-state index < -0.39 is 17.8 Å². The van der Waals surface area contributed by atoms with Gasteiger partial charge in [-0.15, -0.1) is 0 Å². The molecule has 2 unspecified atom stereocenters. The third-order valence-electron chi connectivity index (χ3n) is 3.28. The Bertz CT molecular complexity index is 357. The Balaban J connectivity index is 2.28. The average molecular weight is 271 g/mol. The van der Waals surface area contributed by atoms with Crippen molar-refractivity contribution < 1.29 is 19.5 Å². The molecule has 3 amide bonds. The molecule has 2 atom stereocenters. The highest BCUT2D eigenvalue weighted by Crippen LogP contribution is 2.31. The van der Waals surface area contributed by atoms with Gasteiger partial charge in [-0.1, -0.05) is 6.42 Å². The second-order valence-corrected chi connectivity index (χ2v) is 4.90. The minimum absolute atomic E-state index is 0.224. The summed E-state index contributed by atoms with van der Waals surface area (Å²) in [6.07, 6.45) is 1.95. The molecule has 0 aromatic heterocycles. The predicted octanol–water partition coefficient (Wildman–Crippen LogP) is -0.125. The average Bonchev–Trinajstić information content (AvgIpc) is 2.83. The van der Waals surface area contributed by atoms with E-state index in [9.17, 15) is 14.4 Å². The van der Waals surface area contributed by atoms with E-state index in [0.29, 0.717) is 25.9 Å². The van der Waals surface area contributed by atoms with Crippen LogP contribution in [0, 0.1) is 11.8 Å². The standard InChI is InChI=1S/C12H21N3O4/c1-15(2)12(19)14-7-6-13-10(16)8-4-3-5-9(8)11(17)18/h8-9H,3-7H2,1-2H3,(H,13,16)(H,14,19)(H,17,18). The minimum Gasteiger partial charge on any atom is -0.481 e. The van der Waals surface area contributed by atoms with Gasteiger partial charge < -0.3 is 20.6 Å². The number of aliphatic carboxylic acids is 1. The second kappa shape index (κ2) is 6.96. The van der Waals surface area contributed by atoms with E-state index in [1.54, 1.807) is 14.1 Å². The number of hydrogen-bond acceptors (Lipinski definition) is 3. The van der Waals surface area contributed by atoms with Crippen molar-refractivity contribution in [2.24, 2.45) is 11.8 Å². The fourth-order valence-electron chi connectivity index (χ4n) is 2.21. The summed E-state index contributed by atoms with van der Waals surface area (Å²) in [5.41, 5.74) is 0. The van der Waals surface area contributed by atoms with Crippen LogP contribution in [0.5, 0.6) is 0 Å². The van der Waals surface area contributed by atoms with Crippen molar-refractivity contribution in [2.45, 2.75) is 19.3 Å². The Labute approximate surface area is 112 Å². The van der Waals surface area contributed by atoms with Crippen LogP contribution in [0.3, 0.4) is 0 Å². The van der Waals surface area contributed by atoms with Crippen LogP contribution in [-0.4, -0.2) is 55.1 Å². The number of nitrogens with one attached hydrogen (secondary N) is 2. The summed E-state index contributed by atoms with van der Waals surface area (Å²) in [5, 5.41) is 14.3. The molecule has 0 spiro atoms. The summed E-state index contributed by atoms with van der Waals surface area (Å²) in [7, 11) is 3.26. The summed E-state index contributed by atoms with van der Waals surface area (Å²) in [5.74, 6) is -2.15. The molecule has 19 heavy (non-hydrogen) atoms. The first-order valence-corrected chi connectivity index (χ1v) is 6.39. The van der Waals surface area contributed by atoms with Gasteiger partial charge in [0.1, 0.15) is 0 Å². The smallest absolute Gasteiger partial charge is 0.316 e. The molecule has 1 fully saturated rings. The molecule has 0 radical (unpaired) electrons. The Hall–Kier alpha value is -1.79. The first-order chi connectivity index (χ1) is 8.93. The van der Waals surface area contributed by atoms with Gasteiger partial charge in [-0.05, 0) is 12.8 Å². The molecule has 0 bridgehead atoms. The first kappa shape index (κ1) is 15.3. The van der Waals surface area contributed by atoms with Crippen LogP contribution in [-0.2, 0) is 9.59 Å². The molecule has 0 heterocycles. The third kappa shape index (κ3) is 4.42. The summed E-state index contributed by atoms with van der Waals surface area (Å²) < 4.78 is 0. The van der Waals surface area contributed by atoms with Gasteiger partial charge in [-0.3, -0.25) is 9.59 Å². The lowest BCUT2D eigenvalue weighted by molar-refractivity contribution is -0.146. The van der Waals surface area contributed by atoms with Crippen molar-refractivity contribution in [3.63, 3.8) is 0 Å². The minimum atomic E-state index is -0.904. The molecule has 1 rings (SSSR count). The number of nitrogens with zero attached hydrogens (tertiary/aromatic N) is 1. The maximum Gasteiger partial charge on any atom is 0.316 e. The van der Waals surface area contributed by atoms with Gasteiger partial charge >= 0.3 is 12.0 Å². The molecule has 0 aromatic rings. The van der Waals surface area contributed by atoms with Crippen molar-refractivity contribution >= 4 is 17.9 Å². The van der Waals surface area contributed by atoms with Crippen LogP contribution >= 0.6 is 0 Å². The molecule has 1 aliphatic rings. The van der Waals surface area contributed by atoms with Gasteiger partial charge in [0, 0.05) is 27.2 Å². The van der Waals surface area contributed by atoms with Gasteiger partial charge in [0.2, 0.25) is 5.91 Å². The van der Waals surface area contributed by atoms with Crippen LogP contribution in [0.2, 0.25) is 0 Å². The molecule has 0 aliphatic heterocycles. The molecule has 3 N–H and O–H groups in total. The van der Waals surface area contributed by atoms with E-state index in [1.807, 2.05) is 0 Å². The van der Waals surface area contributed by atoms with Crippen molar-refractivity contribution in [3.05, 3.63) is 0 Å². The number of amides is 3. The highest BCUT2D eigenvalue weighted by molar-refractivity contribution is 5.85. The molecule has 108 valence electrons. The predicted molar refractivity (Wildman–Crippen MR) is 68.6 cm³/mol. The van der Waals surface area contributed by atoms with Gasteiger partial charge in [0.15, 0.2) is 0 Å². The van der Waals surface area contributed by atoms with E-state index in [-0.39, 0.29) is 11.9 Å². The fourth-order valence-corrected chi connectivity index (χ4v) is 2.21. The molecular formula is C12H21N3O4. The second-order valence-electron chi connectivity index (χ2n) is 4.90. The van der Waals surface area contributed by atoms with Crippen LogP contribution in [0.25, 0.3) is 0 Å². The maximum atomic E-state index is 11.8. The lowest BCUT2D eigenvalue weighted by Crippen LogP contribution is -2.42. The summed E-state index contributed by atoms with van der Waals surface area (Å²) in [6.45, 7) is 0.633. The Morgan fingerprint density at radius 1 is 1.11 bits per heavy atom. The van der Waals surface area contributed by atoms with Crippen molar-refractivity contribution in [2.75, 3.05) is 27.2 Å². The highest BCUT2D eigenvalue weighted by Gasteiger charge is 2.37. The largest absolute Gasteiger partial charge is 0.481 e. The first-order valence-electron chi connectivity index (χ1n) is 6.39. The van der Waals surface area contributed by atoms with E-state index in [1.165, 1.54) is 4.90 Å². The molecular weight excluding hydrogens is 250 g/mol. The zero-order chi connectivity index (χ0) is 14.4. The number of carboxylic acid groups (broad SMARTS) is 1. The van der Waals surface area contributed by atoms with Crippen LogP contribution in [0.4, 0.5) is 4.79 Å². The molecule has 7 nitrogen and oxygen atoms in total. The van der Waals surface area contributed by atoms with E-state index in [4.69, 9.17) is 5.11 Å². The van der Waals surface area contributed by atoms with Crippen molar-refractivity contribution in [3.8, 4) is 0 Å². The lowest BCUT2D eigenvalue weighted by Gasteiger charge is -2.16. The fraction of sp³-hybridized carbons (Fsp3) is 0.750. The Kier molecular flexibility index (Phi) is 5.59. The van der Waals surface area contributed by atoms with E-state index in [0.717, 1.165) is 6.42 Å². The lowest BCUT2D eigenvalue weighted by atomic mass is 9.95. The SMILES string of the molecule is CN(C)C(=O)NCCNC(=O)C1CCCC1C(=O)O. The van der Waals surface area contributed by atoms with E-state index in [2.05, 4.69) is 10.6 Å². The van der Waals surface area contributed by atoms with Crippen LogP contribution in [0.15, 0.2) is 0 Å². The summed E-state index contributed by atoms with van der Waals surface area (Å²) in [4.78, 5) is 35.4. The molecule has 0 saturated heterocycles. The zero-order valence-corrected chi connectivity index (χ0v) is 11.3. The molecule has 1 saturated carbocycles. The maximum absolute atomic E-state index is 11.8. The van der Waals surface area contributed by atoms with Crippen LogP contribution < -0.4 is 10.6 Å². The number of carboxylic acids is 1. The van der Waals surface area contributed by atoms with Gasteiger partial charge in [0.25, 0.3) is 0 Å². The number of urea groups is 1. The quantitative estimate of drug-likeness (QED) is 0.607. The van der Waals surface area contributed by atoms with Gasteiger partial charge in [-0.25, -0.2) is 4.79 Å². The van der Waals surface area contributed by atoms with Gasteiger partial charge in [-0.2, -0.15) is 0 Å². The highest BCUT2D eigenvalue weighted by atomic mass is 16.4.